The minimum absolute atomic E-state index is 0.0171. The molecular weight excluding hydrogens is 350 g/mol. The van der Waals surface area contributed by atoms with E-state index in [0.717, 1.165) is 35.6 Å². The molecule has 0 aromatic carbocycles. The van der Waals surface area contributed by atoms with Gasteiger partial charge in [0.15, 0.2) is 5.43 Å². The van der Waals surface area contributed by atoms with Gasteiger partial charge in [0.1, 0.15) is 17.3 Å². The molecule has 26 heavy (non-hydrogen) atoms. The quantitative estimate of drug-likeness (QED) is 0.737. The molecule has 0 bridgehead atoms. The fourth-order valence-electron chi connectivity index (χ4n) is 2.98. The number of fused-ring (bicyclic) bond motifs is 1. The van der Waals surface area contributed by atoms with Gasteiger partial charge in [-0.25, -0.2) is 0 Å². The highest BCUT2D eigenvalue weighted by atomic mass is 32.2. The molecule has 8 heteroatoms. The second-order valence-electron chi connectivity index (χ2n) is 6.44. The Labute approximate surface area is 155 Å². The zero-order valence-electron chi connectivity index (χ0n) is 14.8. The summed E-state index contributed by atoms with van der Waals surface area (Å²) in [5, 5.41) is 8.58. The number of pyridine rings is 1. The number of ether oxygens (including phenoxy) is 1. The van der Waals surface area contributed by atoms with E-state index in [4.69, 9.17) is 4.74 Å². The summed E-state index contributed by atoms with van der Waals surface area (Å²) in [6.45, 7) is 2.93. The van der Waals surface area contributed by atoms with Gasteiger partial charge in [0.05, 0.1) is 24.8 Å². The Morgan fingerprint density at radius 1 is 1.23 bits per heavy atom. The van der Waals surface area contributed by atoms with E-state index in [9.17, 15) is 4.79 Å². The molecule has 0 unspecified atom stereocenters. The Bertz CT molecular complexity index is 907. The lowest BCUT2D eigenvalue weighted by molar-refractivity contribution is 0.122. The summed E-state index contributed by atoms with van der Waals surface area (Å²) in [6, 6.07) is 5.34. The first-order valence-corrected chi connectivity index (χ1v) is 10.1. The summed E-state index contributed by atoms with van der Waals surface area (Å²) >= 11 is 1.99. The Balaban J connectivity index is 0.000000292. The maximum Gasteiger partial charge on any atom is 0.193 e. The summed E-state index contributed by atoms with van der Waals surface area (Å²) in [5.41, 5.74) is 0.789. The van der Waals surface area contributed by atoms with E-state index in [0.29, 0.717) is 18.6 Å². The number of aromatic amines is 2. The highest BCUT2D eigenvalue weighted by Crippen LogP contribution is 2.31. The zero-order valence-corrected chi connectivity index (χ0v) is 15.6. The van der Waals surface area contributed by atoms with E-state index in [1.807, 2.05) is 34.7 Å². The molecule has 2 fully saturated rings. The van der Waals surface area contributed by atoms with Crippen LogP contribution in [0.5, 0.6) is 0 Å². The second-order valence-corrected chi connectivity index (χ2v) is 7.58. The van der Waals surface area contributed by atoms with Crippen molar-refractivity contribution in [2.24, 2.45) is 0 Å². The SMILES string of the molecule is CSC1CC1.O=c1cc(N2CCOCC2)[nH]c2c1ccn2-c1ccn[nH]1. The topological polar surface area (TPSA) is 78.9 Å². The molecule has 7 nitrogen and oxygen atoms in total. The molecule has 2 N–H and O–H groups in total. The van der Waals surface area contributed by atoms with Gasteiger partial charge in [0.25, 0.3) is 0 Å². The molecular formula is C18H23N5O2S. The molecule has 1 aliphatic heterocycles. The number of nitrogens with zero attached hydrogens (tertiary/aromatic N) is 3. The number of H-pyrrole nitrogens is 2. The molecule has 0 spiro atoms. The lowest BCUT2D eigenvalue weighted by atomic mass is 10.3. The Morgan fingerprint density at radius 2 is 2.04 bits per heavy atom. The predicted octanol–water partition coefficient (Wildman–Crippen LogP) is 2.39. The Kier molecular flexibility index (Phi) is 5.03. The van der Waals surface area contributed by atoms with E-state index in [2.05, 4.69) is 26.3 Å². The zero-order chi connectivity index (χ0) is 17.9. The molecule has 2 aliphatic rings. The molecule has 1 saturated carbocycles. The average Bonchev–Trinajstić information content (AvgIpc) is 3.18. The molecule has 4 heterocycles. The number of hydrogen-bond acceptors (Lipinski definition) is 5. The summed E-state index contributed by atoms with van der Waals surface area (Å²) in [6.07, 6.45) is 8.67. The molecule has 0 radical (unpaired) electrons. The van der Waals surface area contributed by atoms with Crippen molar-refractivity contribution in [3.05, 3.63) is 40.8 Å². The predicted molar refractivity (Wildman–Crippen MR) is 106 cm³/mol. The first kappa shape index (κ1) is 17.2. The van der Waals surface area contributed by atoms with Gasteiger partial charge in [-0.05, 0) is 25.2 Å². The van der Waals surface area contributed by atoms with E-state index >= 15 is 0 Å². The molecule has 1 saturated heterocycles. The standard InChI is InChI=1S/C14H15N5O2.C4H8S/c20-11-9-13(18-5-7-21-8-6-18)16-14-10(11)2-4-19(14)12-1-3-15-17-12;1-5-4-2-3-4/h1-4,9H,5-8H2,(H,15,17)(H,16,20);4H,2-3H2,1H3. The third-order valence-corrected chi connectivity index (χ3v) is 5.76. The van der Waals surface area contributed by atoms with Crippen LogP contribution in [0.3, 0.4) is 0 Å². The maximum absolute atomic E-state index is 12.3. The molecule has 0 amide bonds. The van der Waals surface area contributed by atoms with Gasteiger partial charge in [-0.3, -0.25) is 14.5 Å². The first-order chi connectivity index (χ1) is 12.8. The van der Waals surface area contributed by atoms with Crippen molar-refractivity contribution >= 4 is 28.6 Å². The van der Waals surface area contributed by atoms with Crippen molar-refractivity contribution in [2.45, 2.75) is 18.1 Å². The van der Waals surface area contributed by atoms with Gasteiger partial charge >= 0.3 is 0 Å². The lowest BCUT2D eigenvalue weighted by Crippen LogP contribution is -2.37. The van der Waals surface area contributed by atoms with Gasteiger partial charge < -0.3 is 14.6 Å². The van der Waals surface area contributed by atoms with Gasteiger partial charge in [0, 0.05) is 36.7 Å². The second kappa shape index (κ2) is 7.59. The van der Waals surface area contributed by atoms with Crippen molar-refractivity contribution in [2.75, 3.05) is 37.5 Å². The Hall–Kier alpha value is -2.19. The fraction of sp³-hybridized carbons (Fsp3) is 0.444. The van der Waals surface area contributed by atoms with Crippen LogP contribution in [0.2, 0.25) is 0 Å². The largest absolute Gasteiger partial charge is 0.378 e. The number of nitrogens with one attached hydrogen (secondary N) is 2. The minimum Gasteiger partial charge on any atom is -0.378 e. The third kappa shape index (κ3) is 3.66. The van der Waals surface area contributed by atoms with E-state index in [1.165, 1.54) is 12.8 Å². The van der Waals surface area contributed by atoms with E-state index in [-0.39, 0.29) is 5.43 Å². The lowest BCUT2D eigenvalue weighted by Gasteiger charge is -2.28. The van der Waals surface area contributed by atoms with Crippen LogP contribution in [0, 0.1) is 0 Å². The number of morpholine rings is 1. The van der Waals surface area contributed by atoms with E-state index < -0.39 is 0 Å². The normalized spacial score (nSPS) is 17.2. The van der Waals surface area contributed by atoms with Crippen LogP contribution in [0.1, 0.15) is 12.8 Å². The minimum atomic E-state index is 0.0171. The average molecular weight is 373 g/mol. The van der Waals surface area contributed by atoms with Crippen molar-refractivity contribution in [1.82, 2.24) is 19.7 Å². The number of anilines is 1. The molecule has 0 atom stereocenters. The number of rotatable bonds is 3. The monoisotopic (exact) mass is 373 g/mol. The van der Waals surface area contributed by atoms with Gasteiger partial charge in [0.2, 0.25) is 0 Å². The van der Waals surface area contributed by atoms with Crippen LogP contribution in [-0.2, 0) is 4.74 Å². The first-order valence-electron chi connectivity index (χ1n) is 8.86. The smallest absolute Gasteiger partial charge is 0.193 e. The van der Waals surface area contributed by atoms with E-state index in [1.54, 1.807) is 12.3 Å². The van der Waals surface area contributed by atoms with Crippen LogP contribution in [0.15, 0.2) is 35.4 Å². The molecule has 1 aliphatic carbocycles. The van der Waals surface area contributed by atoms with Crippen molar-refractivity contribution in [3.63, 3.8) is 0 Å². The van der Waals surface area contributed by atoms with Crippen LogP contribution < -0.4 is 10.3 Å². The third-order valence-electron chi connectivity index (χ3n) is 4.62. The number of aromatic nitrogens is 4. The summed E-state index contributed by atoms with van der Waals surface area (Å²) < 4.78 is 7.25. The molecule has 5 rings (SSSR count). The highest BCUT2D eigenvalue weighted by Gasteiger charge is 2.18. The number of thioether (sulfide) groups is 1. The fourth-order valence-corrected chi connectivity index (χ4v) is 3.59. The van der Waals surface area contributed by atoms with Crippen molar-refractivity contribution in [1.29, 1.82) is 0 Å². The van der Waals surface area contributed by atoms with Crippen molar-refractivity contribution < 1.29 is 4.74 Å². The van der Waals surface area contributed by atoms with Crippen LogP contribution in [0.4, 0.5) is 5.82 Å². The summed E-state index contributed by atoms with van der Waals surface area (Å²) in [4.78, 5) is 17.8. The molecule has 3 aromatic rings. The summed E-state index contributed by atoms with van der Waals surface area (Å²) in [7, 11) is 0. The summed E-state index contributed by atoms with van der Waals surface area (Å²) in [5.74, 6) is 1.65. The van der Waals surface area contributed by atoms with Gasteiger partial charge in [-0.15, -0.1) is 0 Å². The van der Waals surface area contributed by atoms with Crippen LogP contribution in [0.25, 0.3) is 16.9 Å². The van der Waals surface area contributed by atoms with Crippen molar-refractivity contribution in [3.8, 4) is 5.82 Å². The van der Waals surface area contributed by atoms with Crippen LogP contribution in [-0.4, -0.2) is 57.6 Å². The van der Waals surface area contributed by atoms with Gasteiger partial charge in [-0.2, -0.15) is 16.9 Å². The molecule has 3 aromatic heterocycles. The molecule has 138 valence electrons. The highest BCUT2D eigenvalue weighted by molar-refractivity contribution is 7.99. The number of hydrogen-bond donors (Lipinski definition) is 2. The van der Waals surface area contributed by atoms with Crippen LogP contribution >= 0.6 is 11.8 Å². The maximum atomic E-state index is 12.3. The Morgan fingerprint density at radius 3 is 2.65 bits per heavy atom. The van der Waals surface area contributed by atoms with Gasteiger partial charge in [-0.1, -0.05) is 0 Å².